The smallest absolute Gasteiger partial charge is 0.269 e. The lowest BCUT2D eigenvalue weighted by Crippen LogP contribution is -2.25. The monoisotopic (exact) mass is 597 g/mol. The van der Waals surface area contributed by atoms with Gasteiger partial charge in [0.15, 0.2) is 11.5 Å². The second-order valence-electron chi connectivity index (χ2n) is 7.76. The lowest BCUT2D eigenvalue weighted by atomic mass is 10.1. The molecule has 0 aliphatic carbocycles. The van der Waals surface area contributed by atoms with Crippen LogP contribution in [0, 0.1) is 25.0 Å². The molecule has 0 spiro atoms. The lowest BCUT2D eigenvalue weighted by molar-refractivity contribution is -0.384. The van der Waals surface area contributed by atoms with Gasteiger partial charge in [-0.1, -0.05) is 42.5 Å². The van der Waals surface area contributed by atoms with E-state index in [0.29, 0.717) is 32.7 Å². The number of rotatable bonds is 11. The molecule has 0 saturated heterocycles. The molecule has 1 N–H and O–H groups in total. The molecule has 0 heterocycles. The third-order valence-corrected chi connectivity index (χ3v) is 6.00. The molecule has 3 aromatic rings. The van der Waals surface area contributed by atoms with E-state index in [2.05, 4.69) is 27.9 Å². The summed E-state index contributed by atoms with van der Waals surface area (Å²) < 4.78 is 12.1. The minimum absolute atomic E-state index is 0.0133. The van der Waals surface area contributed by atoms with Crippen LogP contribution in [0.3, 0.4) is 0 Å². The number of hydrogen-bond acceptors (Lipinski definition) is 6. The average molecular weight is 597 g/mol. The molecule has 0 bridgehead atoms. The number of nitriles is 1. The van der Waals surface area contributed by atoms with Crippen LogP contribution in [0.5, 0.6) is 11.5 Å². The Morgan fingerprint density at radius 3 is 2.58 bits per heavy atom. The van der Waals surface area contributed by atoms with Crippen LogP contribution in [-0.4, -0.2) is 24.5 Å². The number of non-ortho nitro benzene ring substituents is 1. The van der Waals surface area contributed by atoms with Gasteiger partial charge in [-0.05, 0) is 70.3 Å². The van der Waals surface area contributed by atoms with Crippen molar-refractivity contribution >= 4 is 40.3 Å². The number of amides is 1. The predicted molar refractivity (Wildman–Crippen MR) is 145 cm³/mol. The van der Waals surface area contributed by atoms with Crippen molar-refractivity contribution < 1.29 is 19.2 Å². The van der Waals surface area contributed by atoms with E-state index in [1.165, 1.54) is 30.9 Å². The quantitative estimate of drug-likeness (QED) is 0.0786. The minimum atomic E-state index is -0.457. The van der Waals surface area contributed by atoms with Crippen LogP contribution in [0.25, 0.3) is 6.08 Å². The van der Waals surface area contributed by atoms with Crippen molar-refractivity contribution in [3.05, 3.63) is 103 Å². The molecule has 36 heavy (non-hydrogen) atoms. The number of carbonyl (C=O) groups excluding carboxylic acids is 1. The van der Waals surface area contributed by atoms with E-state index in [4.69, 9.17) is 9.47 Å². The van der Waals surface area contributed by atoms with Gasteiger partial charge in [0.25, 0.3) is 11.6 Å². The van der Waals surface area contributed by atoms with Gasteiger partial charge in [-0.25, -0.2) is 0 Å². The molecule has 0 fully saturated rings. The standard InChI is InChI=1S/C27H24IN3O5/c1-35-25-16-21(13-22(17-29)27(32)30-12-6-10-19-7-3-2-4-8-19)15-24(28)26(25)36-18-20-9-5-11-23(14-20)31(33)34/h2-5,7-9,11,13-16H,6,10,12,18H2,1H3,(H,30,32)/b22-13-. The summed E-state index contributed by atoms with van der Waals surface area (Å²) in [6, 6.07) is 21.6. The molecule has 9 heteroatoms. The second kappa shape index (κ2) is 13.3. The number of benzene rings is 3. The van der Waals surface area contributed by atoms with Crippen LogP contribution in [0.15, 0.2) is 72.3 Å². The molecule has 1 amide bonds. The van der Waals surface area contributed by atoms with Crippen LogP contribution in [0.1, 0.15) is 23.1 Å². The Balaban J connectivity index is 1.67. The summed E-state index contributed by atoms with van der Waals surface area (Å²) >= 11 is 2.08. The molecule has 0 aromatic heterocycles. The first kappa shape index (κ1) is 26.7. The van der Waals surface area contributed by atoms with E-state index in [-0.39, 0.29) is 17.9 Å². The highest BCUT2D eigenvalue weighted by Crippen LogP contribution is 2.35. The maximum atomic E-state index is 12.5. The summed E-state index contributed by atoms with van der Waals surface area (Å²) in [5, 5.41) is 23.3. The molecule has 0 aliphatic heterocycles. The fourth-order valence-electron chi connectivity index (χ4n) is 3.43. The Morgan fingerprint density at radius 1 is 1.14 bits per heavy atom. The topological polar surface area (TPSA) is 114 Å². The van der Waals surface area contributed by atoms with Crippen molar-refractivity contribution in [1.29, 1.82) is 5.26 Å². The molecule has 0 aliphatic rings. The number of hydrogen-bond donors (Lipinski definition) is 1. The van der Waals surface area contributed by atoms with E-state index >= 15 is 0 Å². The molecule has 0 unspecified atom stereocenters. The number of nitrogens with one attached hydrogen (secondary N) is 1. The van der Waals surface area contributed by atoms with Gasteiger partial charge in [0, 0.05) is 18.7 Å². The van der Waals surface area contributed by atoms with Crippen molar-refractivity contribution in [2.24, 2.45) is 0 Å². The van der Waals surface area contributed by atoms with Crippen LogP contribution in [0.2, 0.25) is 0 Å². The Bertz CT molecular complexity index is 1300. The van der Waals surface area contributed by atoms with Crippen LogP contribution >= 0.6 is 22.6 Å². The summed E-state index contributed by atoms with van der Waals surface area (Å²) in [6.45, 7) is 0.566. The average Bonchev–Trinajstić information content (AvgIpc) is 2.89. The van der Waals surface area contributed by atoms with Gasteiger partial charge in [-0.15, -0.1) is 0 Å². The van der Waals surface area contributed by atoms with E-state index in [0.717, 1.165) is 12.8 Å². The summed E-state index contributed by atoms with van der Waals surface area (Å²) in [5.74, 6) is 0.440. The van der Waals surface area contributed by atoms with Crippen LogP contribution in [0.4, 0.5) is 5.69 Å². The fourth-order valence-corrected chi connectivity index (χ4v) is 4.21. The number of methoxy groups -OCH3 is 1. The Labute approximate surface area is 222 Å². The van der Waals surface area contributed by atoms with Crippen molar-refractivity contribution in [1.82, 2.24) is 5.32 Å². The number of nitrogens with zero attached hydrogens (tertiary/aromatic N) is 2. The van der Waals surface area contributed by atoms with Crippen molar-refractivity contribution in [3.63, 3.8) is 0 Å². The Morgan fingerprint density at radius 2 is 1.89 bits per heavy atom. The molecule has 0 atom stereocenters. The van der Waals surface area contributed by atoms with Gasteiger partial charge in [-0.3, -0.25) is 14.9 Å². The number of nitro groups is 1. The van der Waals surface area contributed by atoms with Gasteiger partial charge < -0.3 is 14.8 Å². The Kier molecular flexibility index (Phi) is 9.82. The maximum Gasteiger partial charge on any atom is 0.269 e. The number of halogens is 1. The van der Waals surface area contributed by atoms with E-state index < -0.39 is 10.8 Å². The highest BCUT2D eigenvalue weighted by Gasteiger charge is 2.15. The summed E-state index contributed by atoms with van der Waals surface area (Å²) in [5.41, 5.74) is 2.41. The predicted octanol–water partition coefficient (Wildman–Crippen LogP) is 5.44. The molecule has 3 rings (SSSR count). The first-order valence-electron chi connectivity index (χ1n) is 11.1. The third-order valence-electron chi connectivity index (χ3n) is 5.20. The van der Waals surface area contributed by atoms with Gasteiger partial charge in [0.05, 0.1) is 15.6 Å². The fraction of sp³-hybridized carbons (Fsp3) is 0.185. The summed E-state index contributed by atoms with van der Waals surface area (Å²) in [6.07, 6.45) is 3.10. The molecule has 3 aromatic carbocycles. The number of nitro benzene ring substituents is 1. The number of aryl methyl sites for hydroxylation is 1. The van der Waals surface area contributed by atoms with Crippen molar-refractivity contribution in [2.75, 3.05) is 13.7 Å². The van der Waals surface area contributed by atoms with E-state index in [1.807, 2.05) is 36.4 Å². The number of ether oxygens (including phenoxy) is 2. The highest BCUT2D eigenvalue weighted by molar-refractivity contribution is 14.1. The maximum absolute atomic E-state index is 12.5. The van der Waals surface area contributed by atoms with Crippen molar-refractivity contribution in [3.8, 4) is 17.6 Å². The summed E-state index contributed by atoms with van der Waals surface area (Å²) in [4.78, 5) is 23.1. The molecular weight excluding hydrogens is 573 g/mol. The van der Waals surface area contributed by atoms with Crippen LogP contribution in [-0.2, 0) is 17.8 Å². The normalized spacial score (nSPS) is 10.9. The lowest BCUT2D eigenvalue weighted by Gasteiger charge is -2.14. The zero-order valence-corrected chi connectivity index (χ0v) is 21.7. The minimum Gasteiger partial charge on any atom is -0.493 e. The largest absolute Gasteiger partial charge is 0.493 e. The van der Waals surface area contributed by atoms with Gasteiger partial charge >= 0.3 is 0 Å². The molecular formula is C27H24IN3O5. The summed E-state index contributed by atoms with van der Waals surface area (Å²) in [7, 11) is 1.49. The molecule has 0 radical (unpaired) electrons. The SMILES string of the molecule is COc1cc(/C=C(/C#N)C(=O)NCCCc2ccccc2)cc(I)c1OCc1cccc([N+](=O)[O-])c1. The third kappa shape index (κ3) is 7.55. The zero-order chi connectivity index (χ0) is 25.9. The molecule has 8 nitrogen and oxygen atoms in total. The van der Waals surface area contributed by atoms with Gasteiger partial charge in [-0.2, -0.15) is 5.26 Å². The molecule has 0 saturated carbocycles. The first-order chi connectivity index (χ1) is 17.4. The second-order valence-corrected chi connectivity index (χ2v) is 8.93. The Hall–Kier alpha value is -3.91. The zero-order valence-electron chi connectivity index (χ0n) is 19.6. The van der Waals surface area contributed by atoms with E-state index in [1.54, 1.807) is 24.3 Å². The first-order valence-corrected chi connectivity index (χ1v) is 12.2. The molecule has 184 valence electrons. The van der Waals surface area contributed by atoms with Gasteiger partial charge in [0.2, 0.25) is 0 Å². The van der Waals surface area contributed by atoms with E-state index in [9.17, 15) is 20.2 Å². The number of carbonyl (C=O) groups is 1. The highest BCUT2D eigenvalue weighted by atomic mass is 127. The van der Waals surface area contributed by atoms with Gasteiger partial charge in [0.1, 0.15) is 18.2 Å². The van der Waals surface area contributed by atoms with Crippen LogP contribution < -0.4 is 14.8 Å². The van der Waals surface area contributed by atoms with Crippen molar-refractivity contribution in [2.45, 2.75) is 19.4 Å².